The number of carbonyl (C=O) groups excluding carboxylic acids is 1. The fraction of sp³-hybridized carbons (Fsp3) is 0.786. The first-order chi connectivity index (χ1) is 10.0. The average molecular weight is 320 g/mol. The Balaban J connectivity index is 4.49. The van der Waals surface area contributed by atoms with Crippen molar-refractivity contribution in [1.29, 1.82) is 0 Å². The molecule has 0 heterocycles. The summed E-state index contributed by atoms with van der Waals surface area (Å²) >= 11 is 0. The Bertz CT molecular complexity index is 306. The van der Waals surface area contributed by atoms with Crippen LogP contribution in [-0.4, -0.2) is 48.0 Å². The van der Waals surface area contributed by atoms with E-state index in [-0.39, 0.29) is 18.7 Å². The summed E-state index contributed by atoms with van der Waals surface area (Å²) < 4.78 is 27.2. The first-order valence-electron chi connectivity index (χ1n) is 7.23. The van der Waals surface area contributed by atoms with Crippen LogP contribution in [-0.2, 0) is 27.5 Å². The van der Waals surface area contributed by atoms with Crippen LogP contribution < -0.4 is 0 Å². The molecule has 0 aliphatic rings. The van der Waals surface area contributed by atoms with Crippen molar-refractivity contribution in [2.45, 2.75) is 52.4 Å². The van der Waals surface area contributed by atoms with Crippen molar-refractivity contribution in [3.8, 4) is 0 Å². The molecular weight excluding hydrogens is 292 g/mol. The summed E-state index contributed by atoms with van der Waals surface area (Å²) in [6, 6.07) is 0. The van der Waals surface area contributed by atoms with Gasteiger partial charge in [-0.2, -0.15) is 0 Å². The summed E-state index contributed by atoms with van der Waals surface area (Å²) in [4.78, 5) is 11.3. The lowest BCUT2D eigenvalue weighted by Crippen LogP contribution is -2.44. The second kappa shape index (κ2) is 10.9. The molecule has 7 heteroatoms. The molecule has 0 spiro atoms. The highest BCUT2D eigenvalue weighted by atomic mass is 28.4. The maximum Gasteiger partial charge on any atom is 0.528 e. The van der Waals surface area contributed by atoms with Crippen LogP contribution in [0.5, 0.6) is 0 Å². The van der Waals surface area contributed by atoms with E-state index in [9.17, 15) is 4.79 Å². The molecule has 21 heavy (non-hydrogen) atoms. The fourth-order valence-corrected chi connectivity index (χ4v) is 2.81. The maximum atomic E-state index is 11.3. The van der Waals surface area contributed by atoms with Gasteiger partial charge in [0, 0.05) is 27.1 Å². The zero-order valence-electron chi connectivity index (χ0n) is 13.7. The molecule has 0 saturated carbocycles. The summed E-state index contributed by atoms with van der Waals surface area (Å²) in [6.07, 6.45) is 0.857. The summed E-state index contributed by atoms with van der Waals surface area (Å²) in [5.74, 6) is -0.277. The largest absolute Gasteiger partial charge is 0.528 e. The van der Waals surface area contributed by atoms with Crippen molar-refractivity contribution in [3.05, 3.63) is 12.3 Å². The highest BCUT2D eigenvalue weighted by molar-refractivity contribution is 6.66. The summed E-state index contributed by atoms with van der Waals surface area (Å²) in [7, 11) is 0.229. The van der Waals surface area contributed by atoms with Gasteiger partial charge in [-0.3, -0.25) is 4.79 Å². The van der Waals surface area contributed by atoms with Gasteiger partial charge in [-0.1, -0.05) is 27.4 Å². The maximum absolute atomic E-state index is 11.3. The third-order valence-electron chi connectivity index (χ3n) is 2.97. The topological polar surface area (TPSA) is 63.2 Å². The molecule has 0 rings (SSSR count). The van der Waals surface area contributed by atoms with Crippen molar-refractivity contribution in [3.63, 3.8) is 0 Å². The van der Waals surface area contributed by atoms with Crippen LogP contribution in [0.1, 0.15) is 40.0 Å². The highest BCUT2D eigenvalue weighted by Gasteiger charge is 2.36. The molecule has 0 aromatic heterocycles. The second-order valence-electron chi connectivity index (χ2n) is 4.37. The lowest BCUT2D eigenvalue weighted by molar-refractivity contribution is -0.194. The van der Waals surface area contributed by atoms with Gasteiger partial charge in [0.25, 0.3) is 0 Å². The third-order valence-corrected chi connectivity index (χ3v) is 5.18. The molecule has 0 N–H and O–H groups in total. The minimum absolute atomic E-state index is 0.211. The standard InChI is InChI=1S/C14H28O6Si/c1-7-12(11-18-21(10-4,16-5)17-6)19-14(9-3)20-13(15)8-2/h10,12,14H,4,7-9,11H2,1-3,5-6H3. The van der Waals surface area contributed by atoms with Gasteiger partial charge in [-0.25, -0.2) is 0 Å². The predicted molar refractivity (Wildman–Crippen MR) is 81.5 cm³/mol. The van der Waals surface area contributed by atoms with E-state index in [1.807, 2.05) is 13.8 Å². The van der Waals surface area contributed by atoms with Gasteiger partial charge in [0.05, 0.1) is 12.7 Å². The number of esters is 1. The minimum atomic E-state index is -2.82. The van der Waals surface area contributed by atoms with Crippen molar-refractivity contribution in [2.24, 2.45) is 0 Å². The van der Waals surface area contributed by atoms with E-state index < -0.39 is 15.1 Å². The molecule has 0 bridgehead atoms. The number of hydrogen-bond donors (Lipinski definition) is 0. The highest BCUT2D eigenvalue weighted by Crippen LogP contribution is 2.14. The van der Waals surface area contributed by atoms with Crippen molar-refractivity contribution in [2.75, 3.05) is 20.8 Å². The van der Waals surface area contributed by atoms with Gasteiger partial charge in [0.1, 0.15) is 0 Å². The lowest BCUT2D eigenvalue weighted by atomic mass is 10.3. The Labute approximate surface area is 128 Å². The zero-order valence-corrected chi connectivity index (χ0v) is 14.7. The molecule has 0 fully saturated rings. The van der Waals surface area contributed by atoms with Gasteiger partial charge in [-0.05, 0) is 12.1 Å². The Morgan fingerprint density at radius 3 is 2.19 bits per heavy atom. The van der Waals surface area contributed by atoms with Crippen LogP contribution in [0.15, 0.2) is 12.3 Å². The molecule has 124 valence electrons. The quantitative estimate of drug-likeness (QED) is 0.313. The van der Waals surface area contributed by atoms with E-state index in [0.717, 1.165) is 6.42 Å². The molecule has 0 aliphatic heterocycles. The number of ether oxygens (including phenoxy) is 2. The Kier molecular flexibility index (Phi) is 10.5. The van der Waals surface area contributed by atoms with Crippen LogP contribution in [0.2, 0.25) is 0 Å². The van der Waals surface area contributed by atoms with Crippen LogP contribution in [0, 0.1) is 0 Å². The third kappa shape index (κ3) is 7.19. The smallest absolute Gasteiger partial charge is 0.436 e. The van der Waals surface area contributed by atoms with E-state index in [0.29, 0.717) is 12.8 Å². The normalized spacial score (nSPS) is 14.5. The van der Waals surface area contributed by atoms with Crippen LogP contribution in [0.3, 0.4) is 0 Å². The molecule has 2 unspecified atom stereocenters. The Morgan fingerprint density at radius 1 is 1.19 bits per heavy atom. The summed E-state index contributed by atoms with van der Waals surface area (Å²) in [6.45, 7) is 9.59. The predicted octanol–water partition coefficient (Wildman–Crippen LogP) is 2.44. The first kappa shape index (κ1) is 20.3. The van der Waals surface area contributed by atoms with E-state index in [2.05, 4.69) is 6.58 Å². The van der Waals surface area contributed by atoms with Crippen molar-refractivity contribution >= 4 is 14.8 Å². The molecular formula is C14H28O6Si. The molecule has 0 aromatic carbocycles. The van der Waals surface area contributed by atoms with Crippen LogP contribution in [0.25, 0.3) is 0 Å². The van der Waals surface area contributed by atoms with Crippen LogP contribution >= 0.6 is 0 Å². The van der Waals surface area contributed by atoms with Gasteiger partial charge >= 0.3 is 14.8 Å². The number of hydrogen-bond acceptors (Lipinski definition) is 6. The van der Waals surface area contributed by atoms with E-state index in [1.165, 1.54) is 14.2 Å². The minimum Gasteiger partial charge on any atom is -0.436 e. The average Bonchev–Trinajstić information content (AvgIpc) is 2.53. The Hall–Kier alpha value is -0.733. The van der Waals surface area contributed by atoms with Gasteiger partial charge in [0.2, 0.25) is 6.29 Å². The molecule has 0 aliphatic carbocycles. The van der Waals surface area contributed by atoms with Crippen molar-refractivity contribution < 1.29 is 27.5 Å². The summed E-state index contributed by atoms with van der Waals surface area (Å²) in [5, 5.41) is 0. The van der Waals surface area contributed by atoms with E-state index >= 15 is 0 Å². The fourth-order valence-electron chi connectivity index (χ4n) is 1.54. The Morgan fingerprint density at radius 2 is 1.81 bits per heavy atom. The molecule has 0 aromatic rings. The van der Waals surface area contributed by atoms with Crippen LogP contribution in [0.4, 0.5) is 0 Å². The monoisotopic (exact) mass is 320 g/mol. The number of carbonyl (C=O) groups is 1. The molecule has 2 atom stereocenters. The molecule has 0 radical (unpaired) electrons. The molecule has 0 amide bonds. The van der Waals surface area contributed by atoms with Gasteiger partial charge < -0.3 is 22.8 Å². The second-order valence-corrected chi connectivity index (χ2v) is 7.10. The SMILES string of the molecule is C=C[Si](OC)(OC)OCC(CC)OC(CC)OC(=O)CC. The van der Waals surface area contributed by atoms with E-state index in [4.69, 9.17) is 22.8 Å². The zero-order chi connectivity index (χ0) is 16.3. The lowest BCUT2D eigenvalue weighted by Gasteiger charge is -2.27. The summed E-state index contributed by atoms with van der Waals surface area (Å²) in [5.41, 5.74) is 1.56. The van der Waals surface area contributed by atoms with Gasteiger partial charge in [0.15, 0.2) is 0 Å². The van der Waals surface area contributed by atoms with E-state index in [1.54, 1.807) is 12.6 Å². The molecule has 0 saturated heterocycles. The van der Waals surface area contributed by atoms with Gasteiger partial charge in [-0.15, -0.1) is 0 Å². The first-order valence-corrected chi connectivity index (χ1v) is 9.03. The number of rotatable bonds is 12. The molecule has 6 nitrogen and oxygen atoms in total. The van der Waals surface area contributed by atoms with Crippen molar-refractivity contribution in [1.82, 2.24) is 0 Å².